The van der Waals surface area contributed by atoms with Gasteiger partial charge in [0.2, 0.25) is 10.0 Å². The van der Waals surface area contributed by atoms with Crippen LogP contribution in [0, 0.1) is 12.7 Å². The molecule has 8 heteroatoms. The summed E-state index contributed by atoms with van der Waals surface area (Å²) in [6.07, 6.45) is 3.26. The summed E-state index contributed by atoms with van der Waals surface area (Å²) in [4.78, 5) is 15.3. The van der Waals surface area contributed by atoms with Crippen LogP contribution in [0.4, 0.5) is 15.8 Å². The fourth-order valence-electron chi connectivity index (χ4n) is 3.93. The van der Waals surface area contributed by atoms with Gasteiger partial charge in [-0.3, -0.25) is 4.79 Å². The maximum Gasteiger partial charge on any atom is 0.256 e. The third kappa shape index (κ3) is 5.07. The van der Waals surface area contributed by atoms with Crippen LogP contribution in [-0.2, 0) is 10.0 Å². The molecule has 6 nitrogen and oxygen atoms in total. The molecule has 31 heavy (non-hydrogen) atoms. The van der Waals surface area contributed by atoms with Crippen molar-refractivity contribution in [2.45, 2.75) is 44.9 Å². The van der Waals surface area contributed by atoms with Gasteiger partial charge in [0.1, 0.15) is 5.82 Å². The van der Waals surface area contributed by atoms with E-state index in [4.69, 9.17) is 0 Å². The fraction of sp³-hybridized carbons (Fsp3) is 0.435. The number of carbonyl (C=O) groups excluding carboxylic acids is 1. The Morgan fingerprint density at radius 2 is 1.74 bits per heavy atom. The second kappa shape index (κ2) is 9.78. The molecule has 0 bridgehead atoms. The topological polar surface area (TPSA) is 69.7 Å². The molecule has 0 radical (unpaired) electrons. The number of rotatable bonds is 7. The second-order valence-electron chi connectivity index (χ2n) is 7.73. The summed E-state index contributed by atoms with van der Waals surface area (Å²) in [7, 11) is -3.69. The number of carbonyl (C=O) groups is 1. The van der Waals surface area contributed by atoms with Crippen LogP contribution >= 0.6 is 0 Å². The van der Waals surface area contributed by atoms with E-state index in [0.717, 1.165) is 38.0 Å². The van der Waals surface area contributed by atoms with E-state index in [-0.39, 0.29) is 10.5 Å². The molecule has 0 aromatic heterocycles. The average Bonchev–Trinajstić information content (AvgIpc) is 2.75. The quantitative estimate of drug-likeness (QED) is 0.683. The minimum absolute atomic E-state index is 0.0717. The molecule has 0 atom stereocenters. The molecule has 1 fully saturated rings. The van der Waals surface area contributed by atoms with Crippen molar-refractivity contribution in [2.24, 2.45) is 0 Å². The van der Waals surface area contributed by atoms with E-state index >= 15 is 0 Å². The average molecular weight is 448 g/mol. The predicted molar refractivity (Wildman–Crippen MR) is 122 cm³/mol. The van der Waals surface area contributed by atoms with E-state index in [1.54, 1.807) is 32.9 Å². The molecular weight excluding hydrogens is 417 g/mol. The first-order valence-corrected chi connectivity index (χ1v) is 12.2. The van der Waals surface area contributed by atoms with Crippen LogP contribution in [0.2, 0.25) is 0 Å². The number of hydrogen-bond acceptors (Lipinski definition) is 4. The highest BCUT2D eigenvalue weighted by Gasteiger charge is 2.24. The lowest BCUT2D eigenvalue weighted by atomic mass is 10.1. The zero-order chi connectivity index (χ0) is 22.6. The van der Waals surface area contributed by atoms with Crippen molar-refractivity contribution in [3.8, 4) is 0 Å². The van der Waals surface area contributed by atoms with Crippen LogP contribution in [0.15, 0.2) is 41.3 Å². The van der Waals surface area contributed by atoms with Gasteiger partial charge in [0, 0.05) is 31.7 Å². The lowest BCUT2D eigenvalue weighted by Crippen LogP contribution is -2.31. The third-order valence-electron chi connectivity index (χ3n) is 5.70. The number of halogens is 1. The van der Waals surface area contributed by atoms with Crippen molar-refractivity contribution < 1.29 is 17.6 Å². The number of nitrogens with one attached hydrogen (secondary N) is 1. The Balaban J connectivity index is 1.93. The van der Waals surface area contributed by atoms with Crippen LogP contribution in [0.3, 0.4) is 0 Å². The summed E-state index contributed by atoms with van der Waals surface area (Å²) in [5, 5.41) is 2.81. The molecule has 3 rings (SSSR count). The summed E-state index contributed by atoms with van der Waals surface area (Å²) in [5.41, 5.74) is 2.07. The van der Waals surface area contributed by atoms with E-state index in [9.17, 15) is 17.6 Å². The minimum atomic E-state index is -3.69. The summed E-state index contributed by atoms with van der Waals surface area (Å²) in [6, 6.07) is 8.93. The summed E-state index contributed by atoms with van der Waals surface area (Å²) < 4.78 is 41.1. The first-order chi connectivity index (χ1) is 14.8. The summed E-state index contributed by atoms with van der Waals surface area (Å²) >= 11 is 0. The second-order valence-corrected chi connectivity index (χ2v) is 9.67. The maximum absolute atomic E-state index is 14.0. The molecule has 1 aliphatic rings. The van der Waals surface area contributed by atoms with E-state index in [0.29, 0.717) is 24.3 Å². The predicted octanol–water partition coefficient (Wildman–Crippen LogP) is 4.41. The zero-order valence-corrected chi connectivity index (χ0v) is 19.1. The number of nitrogens with zero attached hydrogens (tertiary/aromatic N) is 2. The van der Waals surface area contributed by atoms with E-state index in [1.807, 2.05) is 0 Å². The lowest BCUT2D eigenvalue weighted by molar-refractivity contribution is 0.102. The van der Waals surface area contributed by atoms with Crippen LogP contribution in [0.25, 0.3) is 0 Å². The first kappa shape index (κ1) is 23.2. The van der Waals surface area contributed by atoms with Gasteiger partial charge in [-0.2, -0.15) is 4.31 Å². The molecule has 1 aliphatic heterocycles. The zero-order valence-electron chi connectivity index (χ0n) is 18.3. The highest BCUT2D eigenvalue weighted by atomic mass is 32.2. The molecule has 1 saturated heterocycles. The van der Waals surface area contributed by atoms with Gasteiger partial charge in [-0.15, -0.1) is 0 Å². The summed E-state index contributed by atoms with van der Waals surface area (Å²) in [6.45, 7) is 7.69. The standard InChI is InChI=1S/C23H30FN3O3S/c1-4-27(5-2)31(29,30)19-11-9-17(3)20(16-19)23(28)25-21-15-18(24)10-12-22(21)26-13-7-6-8-14-26/h9-12,15-16H,4-8,13-14H2,1-3H3,(H,25,28). The van der Waals surface area contributed by atoms with Gasteiger partial charge in [0.25, 0.3) is 5.91 Å². The monoisotopic (exact) mass is 447 g/mol. The molecule has 168 valence electrons. The number of benzene rings is 2. The molecule has 0 saturated carbocycles. The molecule has 0 aliphatic carbocycles. The van der Waals surface area contributed by atoms with Gasteiger partial charge in [-0.1, -0.05) is 19.9 Å². The molecule has 0 spiro atoms. The van der Waals surface area contributed by atoms with Gasteiger partial charge in [-0.25, -0.2) is 12.8 Å². The van der Waals surface area contributed by atoms with E-state index < -0.39 is 21.7 Å². The molecule has 0 unspecified atom stereocenters. The van der Waals surface area contributed by atoms with Crippen molar-refractivity contribution in [2.75, 3.05) is 36.4 Å². The molecule has 2 aromatic carbocycles. The number of hydrogen-bond donors (Lipinski definition) is 1. The number of sulfonamides is 1. The smallest absolute Gasteiger partial charge is 0.256 e. The first-order valence-electron chi connectivity index (χ1n) is 10.7. The van der Waals surface area contributed by atoms with E-state index in [2.05, 4.69) is 10.2 Å². The van der Waals surface area contributed by atoms with Gasteiger partial charge >= 0.3 is 0 Å². The highest BCUT2D eigenvalue weighted by Crippen LogP contribution is 2.30. The van der Waals surface area contributed by atoms with Gasteiger partial charge in [0.05, 0.1) is 16.3 Å². The van der Waals surface area contributed by atoms with Gasteiger partial charge in [0.15, 0.2) is 0 Å². The Morgan fingerprint density at radius 1 is 1.06 bits per heavy atom. The Kier molecular flexibility index (Phi) is 7.33. The van der Waals surface area contributed by atoms with Crippen LogP contribution in [0.1, 0.15) is 49.0 Å². The Morgan fingerprint density at radius 3 is 2.39 bits per heavy atom. The largest absolute Gasteiger partial charge is 0.370 e. The van der Waals surface area contributed by atoms with Crippen LogP contribution < -0.4 is 10.2 Å². The lowest BCUT2D eigenvalue weighted by Gasteiger charge is -2.30. The third-order valence-corrected chi connectivity index (χ3v) is 7.75. The van der Waals surface area contributed by atoms with Crippen LogP contribution in [-0.4, -0.2) is 44.8 Å². The highest BCUT2D eigenvalue weighted by molar-refractivity contribution is 7.89. The van der Waals surface area contributed by atoms with Crippen molar-refractivity contribution in [3.63, 3.8) is 0 Å². The van der Waals surface area contributed by atoms with Crippen molar-refractivity contribution in [3.05, 3.63) is 53.3 Å². The number of piperidine rings is 1. The summed E-state index contributed by atoms with van der Waals surface area (Å²) in [5.74, 6) is -0.899. The number of anilines is 2. The molecule has 1 heterocycles. The van der Waals surface area contributed by atoms with Crippen molar-refractivity contribution in [1.29, 1.82) is 0 Å². The van der Waals surface area contributed by atoms with Crippen LogP contribution in [0.5, 0.6) is 0 Å². The SMILES string of the molecule is CCN(CC)S(=O)(=O)c1ccc(C)c(C(=O)Nc2cc(F)ccc2N2CCCCC2)c1. The Bertz CT molecular complexity index is 1050. The fourth-order valence-corrected chi connectivity index (χ4v) is 5.41. The normalized spacial score (nSPS) is 14.7. The Hall–Kier alpha value is -2.45. The van der Waals surface area contributed by atoms with Crippen molar-refractivity contribution in [1.82, 2.24) is 4.31 Å². The number of aryl methyl sites for hydroxylation is 1. The Labute approximate surface area is 184 Å². The molecular formula is C23H30FN3O3S. The van der Waals surface area contributed by atoms with Gasteiger partial charge in [-0.05, 0) is 62.1 Å². The minimum Gasteiger partial charge on any atom is -0.370 e. The van der Waals surface area contributed by atoms with Crippen molar-refractivity contribution >= 4 is 27.3 Å². The van der Waals surface area contributed by atoms with E-state index in [1.165, 1.54) is 28.6 Å². The molecule has 2 aromatic rings. The molecule has 1 amide bonds. The number of amides is 1. The van der Waals surface area contributed by atoms with Gasteiger partial charge < -0.3 is 10.2 Å². The molecule has 1 N–H and O–H groups in total. The maximum atomic E-state index is 14.0.